The summed E-state index contributed by atoms with van der Waals surface area (Å²) < 4.78 is 12.2. The van der Waals surface area contributed by atoms with Crippen molar-refractivity contribution in [3.05, 3.63) is 57.3 Å². The minimum absolute atomic E-state index is 0.0392. The van der Waals surface area contributed by atoms with Gasteiger partial charge in [-0.25, -0.2) is 9.97 Å². The summed E-state index contributed by atoms with van der Waals surface area (Å²) in [4.78, 5) is 35.0. The molecule has 0 N–H and O–H groups in total. The Hall–Kier alpha value is -3.00. The van der Waals surface area contributed by atoms with Crippen LogP contribution in [0.4, 0.5) is 0 Å². The molecule has 0 aliphatic carbocycles. The van der Waals surface area contributed by atoms with Crippen LogP contribution in [0.1, 0.15) is 22.8 Å². The number of thiophene rings is 1. The number of oxazole rings is 1. The summed E-state index contributed by atoms with van der Waals surface area (Å²) in [6.07, 6.45) is 1.55. The second kappa shape index (κ2) is 6.96. The van der Waals surface area contributed by atoms with Crippen molar-refractivity contribution in [2.45, 2.75) is 33.4 Å². The van der Waals surface area contributed by atoms with Gasteiger partial charge in [0.25, 0.3) is 5.56 Å². The molecule has 7 nitrogen and oxygen atoms in total. The van der Waals surface area contributed by atoms with Crippen molar-refractivity contribution >= 4 is 38.6 Å². The number of carbonyl (C=O) groups is 1. The number of nitrogens with zero attached hydrogens (tertiary/aromatic N) is 3. The summed E-state index contributed by atoms with van der Waals surface area (Å²) in [5.74, 6) is -0.0864. The molecule has 27 heavy (non-hydrogen) atoms. The van der Waals surface area contributed by atoms with E-state index in [0.29, 0.717) is 16.9 Å². The number of hydrogen-bond donors (Lipinski definition) is 0. The third-order valence-electron chi connectivity index (χ3n) is 4.41. The zero-order valence-corrected chi connectivity index (χ0v) is 15.7. The molecule has 1 aromatic carbocycles. The summed E-state index contributed by atoms with van der Waals surface area (Å²) in [5, 5.41) is 0.625. The summed E-state index contributed by atoms with van der Waals surface area (Å²) in [6, 6.07) is 7.34. The molecule has 0 bridgehead atoms. The molecular formula is C19H17N3O4S. The lowest BCUT2D eigenvalue weighted by atomic mass is 10.2. The average molecular weight is 383 g/mol. The number of fused-ring (bicyclic) bond motifs is 2. The molecular weight excluding hydrogens is 366 g/mol. The fourth-order valence-corrected chi connectivity index (χ4v) is 3.82. The van der Waals surface area contributed by atoms with E-state index in [1.165, 1.54) is 22.2 Å². The Morgan fingerprint density at radius 1 is 1.30 bits per heavy atom. The molecule has 0 fully saturated rings. The van der Waals surface area contributed by atoms with Gasteiger partial charge in [-0.15, -0.1) is 11.3 Å². The smallest absolute Gasteiger partial charge is 0.308 e. The normalized spacial score (nSPS) is 11.3. The van der Waals surface area contributed by atoms with Gasteiger partial charge in [0, 0.05) is 11.4 Å². The highest BCUT2D eigenvalue weighted by molar-refractivity contribution is 7.18. The fraction of sp³-hybridized carbons (Fsp3) is 0.263. The van der Waals surface area contributed by atoms with Gasteiger partial charge in [0.15, 0.2) is 12.2 Å². The van der Waals surface area contributed by atoms with Crippen molar-refractivity contribution in [2.75, 3.05) is 0 Å². The van der Waals surface area contributed by atoms with Gasteiger partial charge in [0.1, 0.15) is 10.3 Å². The van der Waals surface area contributed by atoms with Crippen LogP contribution in [-0.4, -0.2) is 20.5 Å². The summed E-state index contributed by atoms with van der Waals surface area (Å²) >= 11 is 1.50. The van der Waals surface area contributed by atoms with Crippen molar-refractivity contribution in [2.24, 2.45) is 0 Å². The molecule has 0 aliphatic rings. The van der Waals surface area contributed by atoms with Crippen LogP contribution in [0.2, 0.25) is 0 Å². The lowest BCUT2D eigenvalue weighted by molar-refractivity contribution is -0.145. The molecule has 0 spiro atoms. The standard InChI is InChI=1S/C19H17N3O4S/c1-11-12(2)27-18-17(11)19(24)22(10-20-18)8-7-16(23)25-9-15-21-13-5-3-4-6-14(13)26-15/h3-6,10H,7-9H2,1-2H3. The molecule has 3 aromatic heterocycles. The van der Waals surface area contributed by atoms with Crippen LogP contribution in [0.3, 0.4) is 0 Å². The van der Waals surface area contributed by atoms with E-state index in [1.54, 1.807) is 6.07 Å². The number of benzene rings is 1. The Morgan fingerprint density at radius 2 is 2.11 bits per heavy atom. The van der Waals surface area contributed by atoms with Crippen molar-refractivity contribution in [3.63, 3.8) is 0 Å². The Kier molecular flexibility index (Phi) is 4.49. The van der Waals surface area contributed by atoms with Crippen LogP contribution in [-0.2, 0) is 22.7 Å². The number of aromatic nitrogens is 3. The predicted molar refractivity (Wildman–Crippen MR) is 102 cm³/mol. The quantitative estimate of drug-likeness (QED) is 0.491. The molecule has 0 unspecified atom stereocenters. The highest BCUT2D eigenvalue weighted by Gasteiger charge is 2.14. The predicted octanol–water partition coefficient (Wildman–Crippen LogP) is 3.35. The number of esters is 1. The Balaban J connectivity index is 1.40. The third kappa shape index (κ3) is 3.35. The van der Waals surface area contributed by atoms with Gasteiger partial charge in [0.05, 0.1) is 18.1 Å². The number of aryl methyl sites for hydroxylation is 3. The summed E-state index contributed by atoms with van der Waals surface area (Å²) in [7, 11) is 0. The number of hydrogen-bond acceptors (Lipinski definition) is 7. The molecule has 0 radical (unpaired) electrons. The van der Waals surface area contributed by atoms with Gasteiger partial charge in [-0.3, -0.25) is 14.2 Å². The summed E-state index contributed by atoms with van der Waals surface area (Å²) in [5.41, 5.74) is 2.18. The number of carbonyl (C=O) groups excluding carboxylic acids is 1. The number of ether oxygens (including phenoxy) is 1. The van der Waals surface area contributed by atoms with Crippen molar-refractivity contribution in [1.29, 1.82) is 0 Å². The van der Waals surface area contributed by atoms with Crippen molar-refractivity contribution in [3.8, 4) is 0 Å². The van der Waals surface area contributed by atoms with E-state index < -0.39 is 5.97 Å². The monoisotopic (exact) mass is 383 g/mol. The van der Waals surface area contributed by atoms with Crippen molar-refractivity contribution < 1.29 is 13.9 Å². The second-order valence-electron chi connectivity index (χ2n) is 6.19. The molecule has 4 aromatic rings. The molecule has 0 saturated heterocycles. The molecule has 0 amide bonds. The van der Waals surface area contributed by atoms with E-state index in [1.807, 2.05) is 32.0 Å². The maximum absolute atomic E-state index is 12.6. The van der Waals surface area contributed by atoms with Crippen LogP contribution < -0.4 is 5.56 Å². The second-order valence-corrected chi connectivity index (χ2v) is 7.40. The fourth-order valence-electron chi connectivity index (χ4n) is 2.84. The van der Waals surface area contributed by atoms with E-state index in [9.17, 15) is 9.59 Å². The molecule has 4 rings (SSSR count). The molecule has 0 atom stereocenters. The van der Waals surface area contributed by atoms with Gasteiger partial charge in [-0.2, -0.15) is 0 Å². The first kappa shape index (κ1) is 17.4. The SMILES string of the molecule is Cc1sc2ncn(CCC(=O)OCc3nc4ccccc4o3)c(=O)c2c1C. The molecule has 0 aliphatic heterocycles. The minimum atomic E-state index is -0.428. The van der Waals surface area contributed by atoms with E-state index >= 15 is 0 Å². The molecule has 0 saturated carbocycles. The first-order chi connectivity index (χ1) is 13.0. The largest absolute Gasteiger partial charge is 0.456 e. The van der Waals surface area contributed by atoms with E-state index in [0.717, 1.165) is 20.8 Å². The van der Waals surface area contributed by atoms with Crippen LogP contribution >= 0.6 is 11.3 Å². The first-order valence-corrected chi connectivity index (χ1v) is 9.30. The topological polar surface area (TPSA) is 87.2 Å². The molecule has 3 heterocycles. The van der Waals surface area contributed by atoms with E-state index in [2.05, 4.69) is 9.97 Å². The minimum Gasteiger partial charge on any atom is -0.456 e. The first-order valence-electron chi connectivity index (χ1n) is 8.48. The Labute approximate surface area is 158 Å². The third-order valence-corrected chi connectivity index (χ3v) is 5.52. The number of para-hydroxylation sites is 2. The van der Waals surface area contributed by atoms with Gasteiger partial charge in [-0.1, -0.05) is 12.1 Å². The van der Waals surface area contributed by atoms with Gasteiger partial charge in [-0.05, 0) is 31.5 Å². The van der Waals surface area contributed by atoms with Crippen molar-refractivity contribution in [1.82, 2.24) is 14.5 Å². The lowest BCUT2D eigenvalue weighted by Gasteiger charge is -2.05. The van der Waals surface area contributed by atoms with E-state index in [4.69, 9.17) is 9.15 Å². The Morgan fingerprint density at radius 3 is 2.93 bits per heavy atom. The van der Waals surface area contributed by atoms with E-state index in [-0.39, 0.29) is 25.1 Å². The van der Waals surface area contributed by atoms with Crippen LogP contribution in [0.5, 0.6) is 0 Å². The number of rotatable bonds is 5. The highest BCUT2D eigenvalue weighted by Crippen LogP contribution is 2.25. The Bertz CT molecular complexity index is 1170. The van der Waals surface area contributed by atoms with Crippen LogP contribution in [0.25, 0.3) is 21.3 Å². The maximum Gasteiger partial charge on any atom is 0.308 e. The average Bonchev–Trinajstić information content (AvgIpc) is 3.20. The maximum atomic E-state index is 12.6. The van der Waals surface area contributed by atoms with Gasteiger partial charge < -0.3 is 9.15 Å². The van der Waals surface area contributed by atoms with Crippen LogP contribution in [0.15, 0.2) is 39.8 Å². The van der Waals surface area contributed by atoms with Gasteiger partial charge >= 0.3 is 5.97 Å². The zero-order chi connectivity index (χ0) is 19.0. The molecule has 8 heteroatoms. The van der Waals surface area contributed by atoms with Crippen LogP contribution in [0, 0.1) is 13.8 Å². The zero-order valence-electron chi connectivity index (χ0n) is 14.9. The van der Waals surface area contributed by atoms with Gasteiger partial charge in [0.2, 0.25) is 5.89 Å². The lowest BCUT2D eigenvalue weighted by Crippen LogP contribution is -2.22. The highest BCUT2D eigenvalue weighted by atomic mass is 32.1. The molecule has 138 valence electrons. The summed E-state index contributed by atoms with van der Waals surface area (Å²) in [6.45, 7) is 4.05.